The zero-order valence-electron chi connectivity index (χ0n) is 12.5. The van der Waals surface area contributed by atoms with Crippen LogP contribution in [0.1, 0.15) is 30.4 Å². The van der Waals surface area contributed by atoms with Crippen molar-refractivity contribution in [2.75, 3.05) is 18.8 Å². The van der Waals surface area contributed by atoms with Crippen molar-refractivity contribution in [2.45, 2.75) is 25.8 Å². The number of amidine groups is 1. The molecular weight excluding hydrogens is 296 g/mol. The lowest BCUT2D eigenvalue weighted by Crippen LogP contribution is -2.29. The van der Waals surface area contributed by atoms with Crippen molar-refractivity contribution < 1.29 is 4.79 Å². The number of rotatable bonds is 4. The van der Waals surface area contributed by atoms with E-state index in [1.54, 1.807) is 6.21 Å². The molecule has 0 aliphatic carbocycles. The maximum Gasteiger partial charge on any atom is 0.236 e. The summed E-state index contributed by atoms with van der Waals surface area (Å²) in [6.07, 6.45) is 5.72. The Hall–Kier alpha value is -1.66. The Morgan fingerprint density at radius 1 is 1.18 bits per heavy atom. The number of benzene rings is 1. The van der Waals surface area contributed by atoms with E-state index in [2.05, 4.69) is 44.7 Å². The first-order chi connectivity index (χ1) is 10.8. The van der Waals surface area contributed by atoms with Crippen LogP contribution in [-0.2, 0) is 11.3 Å². The van der Waals surface area contributed by atoms with E-state index in [1.807, 2.05) is 0 Å². The number of carbonyl (C=O) groups excluding carboxylic acids is 1. The van der Waals surface area contributed by atoms with Crippen molar-refractivity contribution >= 4 is 29.1 Å². The molecule has 22 heavy (non-hydrogen) atoms. The molecule has 6 heteroatoms. The second-order valence-corrected chi connectivity index (χ2v) is 6.53. The molecule has 0 aromatic heterocycles. The molecule has 0 bridgehead atoms. The third kappa shape index (κ3) is 4.42. The number of nitrogens with zero attached hydrogens (tertiary/aromatic N) is 3. The van der Waals surface area contributed by atoms with E-state index >= 15 is 0 Å². The molecule has 2 saturated heterocycles. The van der Waals surface area contributed by atoms with Crippen LogP contribution in [0, 0.1) is 0 Å². The first kappa shape index (κ1) is 15.2. The Bertz CT molecular complexity index is 576. The van der Waals surface area contributed by atoms with Gasteiger partial charge in [-0.05, 0) is 37.1 Å². The summed E-state index contributed by atoms with van der Waals surface area (Å²) in [5.41, 5.74) is 2.35. The fourth-order valence-electron chi connectivity index (χ4n) is 2.61. The highest BCUT2D eigenvalue weighted by atomic mass is 32.2. The summed E-state index contributed by atoms with van der Waals surface area (Å²) in [7, 11) is 0. The zero-order valence-corrected chi connectivity index (χ0v) is 13.3. The summed E-state index contributed by atoms with van der Waals surface area (Å²) in [6, 6.07) is 8.41. The van der Waals surface area contributed by atoms with Crippen molar-refractivity contribution in [3.05, 3.63) is 35.4 Å². The van der Waals surface area contributed by atoms with Crippen molar-refractivity contribution in [3.8, 4) is 0 Å². The summed E-state index contributed by atoms with van der Waals surface area (Å²) in [5, 5.41) is 11.2. The molecule has 5 nitrogen and oxygen atoms in total. The lowest BCUT2D eigenvalue weighted by molar-refractivity contribution is -0.116. The molecule has 0 saturated carbocycles. The molecular formula is C16H20N4OS. The van der Waals surface area contributed by atoms with Crippen LogP contribution in [0.5, 0.6) is 0 Å². The number of hydrogen-bond donors (Lipinski definition) is 1. The highest BCUT2D eigenvalue weighted by Gasteiger charge is 2.15. The van der Waals surface area contributed by atoms with Crippen molar-refractivity contribution in [1.82, 2.24) is 10.2 Å². The van der Waals surface area contributed by atoms with Gasteiger partial charge in [0.25, 0.3) is 0 Å². The smallest absolute Gasteiger partial charge is 0.236 e. The van der Waals surface area contributed by atoms with Gasteiger partial charge in [0, 0.05) is 6.54 Å². The largest absolute Gasteiger partial charge is 0.303 e. The van der Waals surface area contributed by atoms with Gasteiger partial charge in [-0.25, -0.2) is 0 Å². The molecule has 1 aromatic carbocycles. The van der Waals surface area contributed by atoms with E-state index in [4.69, 9.17) is 0 Å². The monoisotopic (exact) mass is 316 g/mol. The highest BCUT2D eigenvalue weighted by Crippen LogP contribution is 2.13. The molecule has 2 heterocycles. The lowest BCUT2D eigenvalue weighted by atomic mass is 10.1. The topological polar surface area (TPSA) is 57.1 Å². The van der Waals surface area contributed by atoms with Gasteiger partial charge in [-0.3, -0.25) is 9.69 Å². The molecule has 3 rings (SSSR count). The summed E-state index contributed by atoms with van der Waals surface area (Å²) in [5.74, 6) is 0.417. The average molecular weight is 316 g/mol. The molecule has 1 N–H and O–H groups in total. The number of nitrogens with one attached hydrogen (secondary N) is 1. The molecule has 2 fully saturated rings. The van der Waals surface area contributed by atoms with Crippen LogP contribution >= 0.6 is 11.8 Å². The van der Waals surface area contributed by atoms with Crippen LogP contribution in [0.15, 0.2) is 34.5 Å². The fourth-order valence-corrected chi connectivity index (χ4v) is 3.24. The molecule has 116 valence electrons. The predicted molar refractivity (Wildman–Crippen MR) is 91.2 cm³/mol. The summed E-state index contributed by atoms with van der Waals surface area (Å²) >= 11 is 1.38. The van der Waals surface area contributed by atoms with Crippen LogP contribution < -0.4 is 5.32 Å². The van der Waals surface area contributed by atoms with Gasteiger partial charge in [-0.2, -0.15) is 5.10 Å². The summed E-state index contributed by atoms with van der Waals surface area (Å²) in [6.45, 7) is 3.45. The number of amides is 1. The Kier molecular flexibility index (Phi) is 5.24. The van der Waals surface area contributed by atoms with Crippen LogP contribution in [0.4, 0.5) is 0 Å². The predicted octanol–water partition coefficient (Wildman–Crippen LogP) is 2.23. The number of likely N-dealkylation sites (tertiary alicyclic amines) is 1. The number of carbonyl (C=O) groups is 1. The Labute approximate surface area is 134 Å². The Balaban J connectivity index is 1.53. The average Bonchev–Trinajstić information content (AvgIpc) is 2.96. The minimum absolute atomic E-state index is 0.0129. The minimum Gasteiger partial charge on any atom is -0.303 e. The van der Waals surface area contributed by atoms with Crippen LogP contribution in [-0.4, -0.2) is 41.0 Å². The number of hydrogen-bond acceptors (Lipinski definition) is 5. The molecule has 0 spiro atoms. The normalized spacial score (nSPS) is 21.6. The highest BCUT2D eigenvalue weighted by molar-refractivity contribution is 8.15. The quantitative estimate of drug-likeness (QED) is 0.684. The van der Waals surface area contributed by atoms with E-state index in [0.717, 1.165) is 12.1 Å². The minimum atomic E-state index is -0.0129. The lowest BCUT2D eigenvalue weighted by Gasteiger charge is -2.26. The summed E-state index contributed by atoms with van der Waals surface area (Å²) in [4.78, 5) is 13.5. The van der Waals surface area contributed by atoms with Gasteiger partial charge in [0.05, 0.1) is 12.0 Å². The van der Waals surface area contributed by atoms with Gasteiger partial charge >= 0.3 is 0 Å². The van der Waals surface area contributed by atoms with Crippen molar-refractivity contribution in [1.29, 1.82) is 0 Å². The van der Waals surface area contributed by atoms with E-state index in [1.165, 1.54) is 49.7 Å². The second-order valence-electron chi connectivity index (χ2n) is 5.56. The molecule has 0 radical (unpaired) electrons. The van der Waals surface area contributed by atoms with Crippen molar-refractivity contribution in [2.24, 2.45) is 10.2 Å². The number of piperidine rings is 1. The van der Waals surface area contributed by atoms with E-state index < -0.39 is 0 Å². The van der Waals surface area contributed by atoms with Gasteiger partial charge < -0.3 is 5.32 Å². The molecule has 1 amide bonds. The third-order valence-electron chi connectivity index (χ3n) is 3.78. The SMILES string of the molecule is O=C1CSC(=NN=Cc2ccc(CN3CCCCC3)cc2)N1. The molecule has 2 aliphatic heterocycles. The van der Waals surface area contributed by atoms with E-state index in [-0.39, 0.29) is 5.91 Å². The van der Waals surface area contributed by atoms with Gasteiger partial charge in [-0.15, -0.1) is 5.10 Å². The fraction of sp³-hybridized carbons (Fsp3) is 0.438. The number of thioether (sulfide) groups is 1. The third-order valence-corrected chi connectivity index (χ3v) is 4.64. The van der Waals surface area contributed by atoms with Crippen LogP contribution in [0.3, 0.4) is 0 Å². The van der Waals surface area contributed by atoms with Crippen molar-refractivity contribution in [3.63, 3.8) is 0 Å². The van der Waals surface area contributed by atoms with E-state index in [9.17, 15) is 4.79 Å². The molecule has 1 aromatic rings. The molecule has 0 atom stereocenters. The summed E-state index contributed by atoms with van der Waals surface area (Å²) < 4.78 is 0. The van der Waals surface area contributed by atoms with Crippen LogP contribution in [0.25, 0.3) is 0 Å². The molecule has 2 aliphatic rings. The maximum atomic E-state index is 11.0. The van der Waals surface area contributed by atoms with Gasteiger partial charge in [-0.1, -0.05) is 42.4 Å². The molecule has 0 unspecified atom stereocenters. The van der Waals surface area contributed by atoms with E-state index in [0.29, 0.717) is 10.9 Å². The Morgan fingerprint density at radius 3 is 2.64 bits per heavy atom. The van der Waals surface area contributed by atoms with Gasteiger partial charge in [0.2, 0.25) is 5.91 Å². The van der Waals surface area contributed by atoms with Crippen LogP contribution in [0.2, 0.25) is 0 Å². The Morgan fingerprint density at radius 2 is 1.95 bits per heavy atom. The second kappa shape index (κ2) is 7.56. The van der Waals surface area contributed by atoms with Gasteiger partial charge in [0.1, 0.15) is 0 Å². The first-order valence-corrected chi connectivity index (χ1v) is 8.63. The first-order valence-electron chi connectivity index (χ1n) is 7.64. The zero-order chi connectivity index (χ0) is 15.2. The standard InChI is InChI=1S/C16H20N4OS/c21-15-12-22-16(18-15)19-17-10-13-4-6-14(7-5-13)11-20-8-2-1-3-9-20/h4-7,10H,1-3,8-9,11-12H2,(H,18,19,21). The maximum absolute atomic E-state index is 11.0. The van der Waals surface area contributed by atoms with Gasteiger partial charge in [0.15, 0.2) is 5.17 Å².